The van der Waals surface area contributed by atoms with Crippen molar-refractivity contribution < 1.29 is 10.2 Å². The number of aromatic nitrogens is 2. The molecular weight excluding hydrogens is 514 g/mol. The fourth-order valence-electron chi connectivity index (χ4n) is 5.32. The van der Waals surface area contributed by atoms with E-state index >= 15 is 0 Å². The number of nitrogens with zero attached hydrogens (tertiary/aromatic N) is 3. The van der Waals surface area contributed by atoms with E-state index < -0.39 is 17.3 Å². The normalized spacial score (nSPS) is 26.7. The van der Waals surface area contributed by atoms with Gasteiger partial charge in [-0.1, -0.05) is 60.7 Å². The molecule has 0 spiro atoms. The second-order valence-electron chi connectivity index (χ2n) is 10.4. The zero-order valence-electron chi connectivity index (χ0n) is 20.9. The van der Waals surface area contributed by atoms with Crippen molar-refractivity contribution in [3.8, 4) is 31.6 Å². The molecule has 0 radical (unpaired) electrons. The molecule has 2 atom stereocenters. The molecule has 7 nitrogen and oxygen atoms in total. The summed E-state index contributed by atoms with van der Waals surface area (Å²) in [4.78, 5) is 16.1. The van der Waals surface area contributed by atoms with Crippen LogP contribution in [0.15, 0.2) is 71.9 Å². The molecular formula is C29H29N5O2S2. The van der Waals surface area contributed by atoms with E-state index in [0.29, 0.717) is 12.8 Å². The Kier molecular flexibility index (Phi) is 6.38. The van der Waals surface area contributed by atoms with Crippen molar-refractivity contribution in [3.05, 3.63) is 77.4 Å². The fraction of sp³-hybridized carbons (Fsp3) is 0.276. The Balaban J connectivity index is 1.35. The van der Waals surface area contributed by atoms with Crippen LogP contribution in [0.1, 0.15) is 30.3 Å². The van der Waals surface area contributed by atoms with Gasteiger partial charge in [0.1, 0.15) is 16.2 Å². The topological polar surface area (TPSA) is 131 Å². The zero-order valence-corrected chi connectivity index (χ0v) is 22.5. The molecule has 1 aliphatic heterocycles. The van der Waals surface area contributed by atoms with Gasteiger partial charge in [0, 0.05) is 35.0 Å². The van der Waals surface area contributed by atoms with Crippen LogP contribution in [-0.4, -0.2) is 44.8 Å². The first-order valence-corrected chi connectivity index (χ1v) is 14.1. The van der Waals surface area contributed by atoms with Gasteiger partial charge in [0.25, 0.3) is 0 Å². The summed E-state index contributed by atoms with van der Waals surface area (Å²) in [6.45, 7) is 1.78. The highest BCUT2D eigenvalue weighted by molar-refractivity contribution is 7.24. The molecule has 2 unspecified atom stereocenters. The summed E-state index contributed by atoms with van der Waals surface area (Å²) in [5.41, 5.74) is 16.3. The van der Waals surface area contributed by atoms with Crippen LogP contribution in [0.5, 0.6) is 0 Å². The smallest absolute Gasteiger partial charge is 0.136 e. The maximum atomic E-state index is 10.2. The molecule has 6 rings (SSSR count). The van der Waals surface area contributed by atoms with Gasteiger partial charge >= 0.3 is 0 Å². The summed E-state index contributed by atoms with van der Waals surface area (Å²) < 4.78 is 0. The average molecular weight is 544 g/mol. The van der Waals surface area contributed by atoms with Crippen molar-refractivity contribution in [2.75, 3.05) is 6.61 Å². The van der Waals surface area contributed by atoms with E-state index in [-0.39, 0.29) is 12.5 Å². The highest BCUT2D eigenvalue weighted by Gasteiger charge is 2.49. The molecule has 3 heterocycles. The number of thiazole rings is 2. The molecule has 6 N–H and O–H groups in total. The van der Waals surface area contributed by atoms with E-state index in [1.54, 1.807) is 28.9 Å². The maximum absolute atomic E-state index is 10.2. The Hall–Kier alpha value is -3.05. The quantitative estimate of drug-likeness (QED) is 0.280. The number of aliphatic imine (C=N–C) groups is 1. The van der Waals surface area contributed by atoms with Gasteiger partial charge in [0.2, 0.25) is 0 Å². The number of hydrogen-bond donors (Lipinski definition) is 4. The van der Waals surface area contributed by atoms with E-state index in [0.717, 1.165) is 47.7 Å². The van der Waals surface area contributed by atoms with E-state index in [1.807, 2.05) is 37.4 Å². The van der Waals surface area contributed by atoms with Gasteiger partial charge in [-0.2, -0.15) is 0 Å². The zero-order chi connectivity index (χ0) is 26.5. The summed E-state index contributed by atoms with van der Waals surface area (Å²) in [6, 6.07) is 18.5. The Bertz CT molecular complexity index is 1510. The minimum atomic E-state index is -0.699. The lowest BCUT2D eigenvalue weighted by molar-refractivity contribution is -0.0738. The van der Waals surface area contributed by atoms with Gasteiger partial charge in [0.15, 0.2) is 0 Å². The summed E-state index contributed by atoms with van der Waals surface area (Å²) in [5.74, 6) is -0.222. The number of benzene rings is 2. The first kappa shape index (κ1) is 25.2. The third-order valence-electron chi connectivity index (χ3n) is 7.18. The van der Waals surface area contributed by atoms with Crippen molar-refractivity contribution in [1.29, 1.82) is 0 Å². The van der Waals surface area contributed by atoms with Crippen LogP contribution in [0.3, 0.4) is 0 Å². The van der Waals surface area contributed by atoms with Crippen molar-refractivity contribution in [1.82, 2.24) is 9.97 Å². The van der Waals surface area contributed by atoms with Gasteiger partial charge in [-0.25, -0.2) is 9.97 Å². The van der Waals surface area contributed by atoms with Gasteiger partial charge < -0.3 is 21.7 Å². The van der Waals surface area contributed by atoms with Crippen LogP contribution in [0.4, 0.5) is 0 Å². The molecule has 2 aromatic heterocycles. The highest BCUT2D eigenvalue weighted by Crippen LogP contribution is 2.47. The number of aliphatic hydroxyl groups excluding tert-OH is 1. The first-order valence-electron chi connectivity index (χ1n) is 12.5. The lowest BCUT2D eigenvalue weighted by atomic mass is 9.63. The molecule has 2 aromatic carbocycles. The highest BCUT2D eigenvalue weighted by atomic mass is 32.1. The summed E-state index contributed by atoms with van der Waals surface area (Å²) in [5, 5.41) is 21.5. The number of dihydropyridines is 1. The monoisotopic (exact) mass is 543 g/mol. The number of rotatable bonds is 6. The predicted octanol–water partition coefficient (Wildman–Crippen LogP) is 4.66. The number of allylic oxidation sites excluding steroid dienone is 1. The predicted molar refractivity (Wildman–Crippen MR) is 155 cm³/mol. The van der Waals surface area contributed by atoms with Crippen LogP contribution < -0.4 is 11.5 Å². The molecule has 0 bridgehead atoms. The first-order chi connectivity index (χ1) is 18.2. The number of hydrogen-bond acceptors (Lipinski definition) is 9. The largest absolute Gasteiger partial charge is 0.396 e. The molecule has 1 saturated carbocycles. The van der Waals surface area contributed by atoms with E-state index in [2.05, 4.69) is 46.4 Å². The van der Waals surface area contributed by atoms with Crippen molar-refractivity contribution in [2.45, 2.75) is 37.1 Å². The summed E-state index contributed by atoms with van der Waals surface area (Å²) >= 11 is 3.19. The summed E-state index contributed by atoms with van der Waals surface area (Å²) in [6.07, 6.45) is 6.19. The molecule has 0 saturated heterocycles. The maximum Gasteiger partial charge on any atom is 0.136 e. The Morgan fingerprint density at radius 1 is 1.00 bits per heavy atom. The Morgan fingerprint density at radius 2 is 1.74 bits per heavy atom. The molecule has 194 valence electrons. The van der Waals surface area contributed by atoms with Crippen LogP contribution >= 0.6 is 22.7 Å². The molecule has 4 aromatic rings. The minimum Gasteiger partial charge on any atom is -0.396 e. The lowest BCUT2D eigenvalue weighted by Crippen LogP contribution is -2.58. The van der Waals surface area contributed by atoms with Crippen molar-refractivity contribution in [2.24, 2.45) is 22.4 Å². The summed E-state index contributed by atoms with van der Waals surface area (Å²) in [7, 11) is 0. The SMILES string of the molecule is CC1(O)CC(N)(c2ccc(-c3nc(-c4cnc(C5=CC(CO)C(N)N=C5)s4)sc3-c3ccccc3)cc2)C1. The van der Waals surface area contributed by atoms with Crippen LogP contribution in [0.25, 0.3) is 37.2 Å². The molecule has 0 amide bonds. The standard InChI is InChI=1S/C29H29N5O2S2/c1-28(36)15-29(31,16-28)21-9-7-17(8-10-21)23-24(18-5-3-2-4-6-18)38-27(34-23)22-13-33-26(37-22)19-11-20(14-35)25(30)32-12-19/h2-13,20,25,35-36H,14-16,30-31H2,1H3. The molecule has 2 aliphatic rings. The molecule has 9 heteroatoms. The third kappa shape index (κ3) is 4.66. The molecule has 38 heavy (non-hydrogen) atoms. The van der Waals surface area contributed by atoms with Crippen LogP contribution in [0.2, 0.25) is 0 Å². The van der Waals surface area contributed by atoms with E-state index in [1.165, 1.54) is 0 Å². The average Bonchev–Trinajstić information content (AvgIpc) is 3.56. The lowest BCUT2D eigenvalue weighted by Gasteiger charge is -2.49. The van der Waals surface area contributed by atoms with Gasteiger partial charge in [0.05, 0.1) is 27.7 Å². The second-order valence-corrected chi connectivity index (χ2v) is 12.4. The second kappa shape index (κ2) is 9.60. The third-order valence-corrected chi connectivity index (χ3v) is 9.50. The Morgan fingerprint density at radius 3 is 2.42 bits per heavy atom. The fourth-order valence-corrected chi connectivity index (χ4v) is 7.36. The number of nitrogens with two attached hydrogens (primary N) is 2. The van der Waals surface area contributed by atoms with E-state index in [4.69, 9.17) is 16.5 Å². The Labute approximate surface area is 229 Å². The van der Waals surface area contributed by atoms with Gasteiger partial charge in [-0.15, -0.1) is 22.7 Å². The van der Waals surface area contributed by atoms with Crippen molar-refractivity contribution in [3.63, 3.8) is 0 Å². The van der Waals surface area contributed by atoms with Gasteiger partial charge in [-0.3, -0.25) is 4.99 Å². The van der Waals surface area contributed by atoms with E-state index in [9.17, 15) is 10.2 Å². The minimum absolute atomic E-state index is 0.0557. The molecule has 1 aliphatic carbocycles. The van der Waals surface area contributed by atoms with Crippen LogP contribution in [0, 0.1) is 5.92 Å². The van der Waals surface area contributed by atoms with Gasteiger partial charge in [-0.05, 0) is 30.9 Å². The van der Waals surface area contributed by atoms with Crippen LogP contribution in [-0.2, 0) is 5.54 Å². The number of aliphatic hydroxyl groups is 2. The molecule has 1 fully saturated rings. The van der Waals surface area contributed by atoms with Crippen molar-refractivity contribution >= 4 is 34.5 Å².